The summed E-state index contributed by atoms with van der Waals surface area (Å²) in [6.45, 7) is 4.68. The predicted octanol–water partition coefficient (Wildman–Crippen LogP) is 4.01. The Labute approximate surface area is 160 Å². The Morgan fingerprint density at radius 1 is 1.12 bits per heavy atom. The molecule has 26 heavy (non-hydrogen) atoms. The molecule has 0 radical (unpaired) electrons. The van der Waals surface area contributed by atoms with E-state index in [2.05, 4.69) is 39.5 Å². The predicted molar refractivity (Wildman–Crippen MR) is 109 cm³/mol. The number of piperidine rings is 1. The number of carbonyl (C=O) groups is 1. The second kappa shape index (κ2) is 9.62. The van der Waals surface area contributed by atoms with Crippen molar-refractivity contribution in [2.45, 2.75) is 43.7 Å². The lowest BCUT2D eigenvalue weighted by Crippen LogP contribution is -2.31. The lowest BCUT2D eigenvalue weighted by Gasteiger charge is -2.27. The Morgan fingerprint density at radius 2 is 1.88 bits per heavy atom. The maximum Gasteiger partial charge on any atom is 0.233 e. The van der Waals surface area contributed by atoms with E-state index in [1.807, 2.05) is 31.3 Å². The number of nitrogens with zero attached hydrogens (tertiary/aromatic N) is 2. The van der Waals surface area contributed by atoms with Gasteiger partial charge in [-0.05, 0) is 43.4 Å². The summed E-state index contributed by atoms with van der Waals surface area (Å²) < 4.78 is 0. The van der Waals surface area contributed by atoms with Crippen molar-refractivity contribution in [3.63, 3.8) is 0 Å². The monoisotopic (exact) mass is 369 g/mol. The largest absolute Gasteiger partial charge is 0.357 e. The minimum absolute atomic E-state index is 0.0733. The van der Waals surface area contributed by atoms with E-state index in [-0.39, 0.29) is 11.2 Å². The number of hydrogen-bond donors (Lipinski definition) is 1. The van der Waals surface area contributed by atoms with Gasteiger partial charge < -0.3 is 10.2 Å². The number of rotatable bonds is 7. The number of thioether (sulfide) groups is 1. The highest BCUT2D eigenvalue weighted by atomic mass is 32.2. The van der Waals surface area contributed by atoms with Crippen LogP contribution < -0.4 is 10.2 Å². The zero-order valence-corrected chi connectivity index (χ0v) is 16.2. The topological polar surface area (TPSA) is 45.2 Å². The normalized spacial score (nSPS) is 15.5. The van der Waals surface area contributed by atoms with Crippen molar-refractivity contribution in [1.82, 2.24) is 10.3 Å². The molecule has 1 atom stereocenters. The van der Waals surface area contributed by atoms with E-state index >= 15 is 0 Å². The highest BCUT2D eigenvalue weighted by Gasteiger charge is 2.14. The summed E-state index contributed by atoms with van der Waals surface area (Å²) in [5.41, 5.74) is 2.29. The van der Waals surface area contributed by atoms with E-state index in [0.29, 0.717) is 6.54 Å². The second-order valence-corrected chi connectivity index (χ2v) is 8.06. The Morgan fingerprint density at radius 3 is 2.58 bits per heavy atom. The van der Waals surface area contributed by atoms with Crippen LogP contribution in [0.15, 0.2) is 48.7 Å². The lowest BCUT2D eigenvalue weighted by atomic mass is 10.1. The minimum Gasteiger partial charge on any atom is -0.357 e. The third-order valence-corrected chi connectivity index (χ3v) is 5.88. The fourth-order valence-corrected chi connectivity index (χ4v) is 3.90. The Hall–Kier alpha value is -2.01. The summed E-state index contributed by atoms with van der Waals surface area (Å²) in [6, 6.07) is 14.4. The van der Waals surface area contributed by atoms with Gasteiger partial charge in [-0.25, -0.2) is 4.98 Å². The highest BCUT2D eigenvalue weighted by Crippen LogP contribution is 2.19. The molecule has 0 unspecified atom stereocenters. The number of aromatic nitrogens is 1. The summed E-state index contributed by atoms with van der Waals surface area (Å²) in [7, 11) is 0. The fourth-order valence-electron chi connectivity index (χ4n) is 3.04. The summed E-state index contributed by atoms with van der Waals surface area (Å²) in [4.78, 5) is 19.2. The second-order valence-electron chi connectivity index (χ2n) is 6.73. The van der Waals surface area contributed by atoms with Crippen molar-refractivity contribution in [3.05, 3.63) is 59.8 Å². The molecule has 0 bridgehead atoms. The molecule has 0 saturated carbocycles. The Bertz CT molecular complexity index is 684. The first-order valence-corrected chi connectivity index (χ1v) is 10.4. The average molecular weight is 370 g/mol. The number of hydrogen-bond acceptors (Lipinski definition) is 4. The molecule has 1 aliphatic rings. The number of carbonyl (C=O) groups excluding carboxylic acids is 1. The van der Waals surface area contributed by atoms with Crippen molar-refractivity contribution in [3.8, 4) is 0 Å². The molecule has 2 aromatic rings. The fraction of sp³-hybridized carbons (Fsp3) is 0.429. The van der Waals surface area contributed by atoms with Gasteiger partial charge in [-0.3, -0.25) is 4.79 Å². The summed E-state index contributed by atoms with van der Waals surface area (Å²) in [5, 5.41) is 2.95. The zero-order chi connectivity index (χ0) is 18.2. The van der Waals surface area contributed by atoms with Gasteiger partial charge in [0.05, 0.1) is 5.25 Å². The van der Waals surface area contributed by atoms with E-state index in [1.165, 1.54) is 24.8 Å². The quantitative estimate of drug-likeness (QED) is 0.801. The van der Waals surface area contributed by atoms with Crippen molar-refractivity contribution < 1.29 is 4.79 Å². The van der Waals surface area contributed by atoms with Gasteiger partial charge in [-0.15, -0.1) is 11.8 Å². The number of amides is 1. The third-order valence-electron chi connectivity index (χ3n) is 4.67. The standard InChI is InChI=1S/C21H27N3OS/c1-17(26-16-18-8-4-2-5-9-18)21(25)23-15-19-10-11-20(22-14-19)24-12-6-3-7-13-24/h2,4-5,8-11,14,17H,3,6-7,12-13,15-16H2,1H3,(H,23,25)/t17-/m0/s1. The SMILES string of the molecule is C[C@H](SCc1ccccc1)C(=O)NCc1ccc(N2CCCCC2)nc1. The van der Waals surface area contributed by atoms with Crippen LogP contribution in [0.2, 0.25) is 0 Å². The van der Waals surface area contributed by atoms with Crippen LogP contribution in [0.4, 0.5) is 5.82 Å². The van der Waals surface area contributed by atoms with E-state index in [9.17, 15) is 4.79 Å². The molecule has 3 rings (SSSR count). The maximum absolute atomic E-state index is 12.3. The van der Waals surface area contributed by atoms with Crippen molar-refractivity contribution in [2.24, 2.45) is 0 Å². The molecular formula is C21H27N3OS. The Balaban J connectivity index is 1.43. The van der Waals surface area contributed by atoms with Gasteiger partial charge in [-0.1, -0.05) is 36.4 Å². The molecule has 2 heterocycles. The molecule has 5 heteroatoms. The highest BCUT2D eigenvalue weighted by molar-refractivity contribution is 7.99. The molecule has 1 amide bonds. The summed E-state index contributed by atoms with van der Waals surface area (Å²) in [5.74, 6) is 1.97. The van der Waals surface area contributed by atoms with Crippen molar-refractivity contribution in [1.29, 1.82) is 0 Å². The van der Waals surface area contributed by atoms with Crippen LogP contribution in [-0.2, 0) is 17.1 Å². The van der Waals surface area contributed by atoms with E-state index in [0.717, 1.165) is 30.2 Å². The van der Waals surface area contributed by atoms with Crippen molar-refractivity contribution in [2.75, 3.05) is 18.0 Å². The molecule has 1 aliphatic heterocycles. The van der Waals surface area contributed by atoms with Crippen LogP contribution in [0.5, 0.6) is 0 Å². The zero-order valence-electron chi connectivity index (χ0n) is 15.4. The summed E-state index contributed by atoms with van der Waals surface area (Å²) in [6.07, 6.45) is 5.70. The first-order valence-electron chi connectivity index (χ1n) is 9.35. The van der Waals surface area contributed by atoms with E-state index < -0.39 is 0 Å². The molecule has 1 aromatic carbocycles. The Kier molecular flexibility index (Phi) is 6.95. The van der Waals surface area contributed by atoms with Crippen LogP contribution in [0, 0.1) is 0 Å². The average Bonchev–Trinajstić information content (AvgIpc) is 2.72. The lowest BCUT2D eigenvalue weighted by molar-refractivity contribution is -0.120. The van der Waals surface area contributed by atoms with Crippen LogP contribution in [-0.4, -0.2) is 29.2 Å². The van der Waals surface area contributed by atoms with Crippen LogP contribution in [0.25, 0.3) is 0 Å². The number of nitrogens with one attached hydrogen (secondary N) is 1. The molecular weight excluding hydrogens is 342 g/mol. The molecule has 138 valence electrons. The van der Waals surface area contributed by atoms with Gasteiger partial charge in [-0.2, -0.15) is 0 Å². The number of anilines is 1. The molecule has 0 aliphatic carbocycles. The minimum atomic E-state index is -0.0733. The summed E-state index contributed by atoms with van der Waals surface area (Å²) >= 11 is 1.66. The first-order chi connectivity index (χ1) is 12.7. The smallest absolute Gasteiger partial charge is 0.233 e. The van der Waals surface area contributed by atoms with Crippen LogP contribution in [0.3, 0.4) is 0 Å². The van der Waals surface area contributed by atoms with E-state index in [1.54, 1.807) is 11.8 Å². The van der Waals surface area contributed by atoms with Gasteiger partial charge in [0.2, 0.25) is 5.91 Å². The first kappa shape index (κ1) is 18.8. The van der Waals surface area contributed by atoms with Gasteiger partial charge in [0.25, 0.3) is 0 Å². The van der Waals surface area contributed by atoms with Crippen molar-refractivity contribution >= 4 is 23.5 Å². The van der Waals surface area contributed by atoms with Crippen LogP contribution in [0.1, 0.15) is 37.3 Å². The van der Waals surface area contributed by atoms with Gasteiger partial charge >= 0.3 is 0 Å². The number of benzene rings is 1. The van der Waals surface area contributed by atoms with E-state index in [4.69, 9.17) is 0 Å². The third kappa shape index (κ3) is 5.49. The molecule has 1 fully saturated rings. The van der Waals surface area contributed by atoms with Gasteiger partial charge in [0, 0.05) is 31.6 Å². The molecule has 1 N–H and O–H groups in total. The van der Waals surface area contributed by atoms with Gasteiger partial charge in [0.1, 0.15) is 5.82 Å². The van der Waals surface area contributed by atoms with Gasteiger partial charge in [0.15, 0.2) is 0 Å². The molecule has 1 aromatic heterocycles. The number of pyridine rings is 1. The maximum atomic E-state index is 12.3. The molecule has 1 saturated heterocycles. The molecule has 0 spiro atoms. The molecule has 4 nitrogen and oxygen atoms in total. The van der Waals surface area contributed by atoms with Crippen LogP contribution >= 0.6 is 11.8 Å².